The third-order valence-corrected chi connectivity index (χ3v) is 3.73. The summed E-state index contributed by atoms with van der Waals surface area (Å²) in [5.41, 5.74) is 7.19. The summed E-state index contributed by atoms with van der Waals surface area (Å²) in [6, 6.07) is 5.58. The lowest BCUT2D eigenvalue weighted by Gasteiger charge is -2.35. The molecule has 19 heavy (non-hydrogen) atoms. The highest BCUT2D eigenvalue weighted by atomic mass is 16.4. The summed E-state index contributed by atoms with van der Waals surface area (Å²) in [7, 11) is 2.00. The molecule has 0 saturated carbocycles. The molecule has 0 aliphatic carbocycles. The quantitative estimate of drug-likeness (QED) is 0.821. The highest BCUT2D eigenvalue weighted by Crippen LogP contribution is 2.26. The molecule has 0 fully saturated rings. The van der Waals surface area contributed by atoms with Crippen LogP contribution in [-0.4, -0.2) is 29.1 Å². The predicted molar refractivity (Wildman–Crippen MR) is 78.2 cm³/mol. The van der Waals surface area contributed by atoms with Gasteiger partial charge in [-0.25, -0.2) is 4.79 Å². The number of carboxylic acid groups (broad SMARTS) is 1. The first-order valence-electron chi connectivity index (χ1n) is 6.45. The monoisotopic (exact) mass is 264 g/mol. The number of hydrogen-bond acceptors (Lipinski definition) is 3. The SMILES string of the molecule is CC(N(C)Cc1cccc(N)c1C(=O)O)C(C)(C)C. The van der Waals surface area contributed by atoms with Crippen molar-refractivity contribution in [2.24, 2.45) is 5.41 Å². The summed E-state index contributed by atoms with van der Waals surface area (Å²) in [6.07, 6.45) is 0. The number of nitrogens with zero attached hydrogens (tertiary/aromatic N) is 1. The van der Waals surface area contributed by atoms with Crippen LogP contribution in [0, 0.1) is 5.41 Å². The van der Waals surface area contributed by atoms with Crippen molar-refractivity contribution in [2.45, 2.75) is 40.3 Å². The molecule has 1 aromatic carbocycles. The molecule has 0 heterocycles. The van der Waals surface area contributed by atoms with Crippen LogP contribution in [0.2, 0.25) is 0 Å². The number of rotatable bonds is 4. The second-order valence-corrected chi connectivity index (χ2v) is 6.14. The van der Waals surface area contributed by atoms with Crippen LogP contribution < -0.4 is 5.73 Å². The van der Waals surface area contributed by atoms with E-state index in [0.717, 1.165) is 5.56 Å². The van der Waals surface area contributed by atoms with Crippen molar-refractivity contribution in [3.05, 3.63) is 29.3 Å². The number of nitrogens with two attached hydrogens (primary N) is 1. The Morgan fingerprint density at radius 2 is 2.00 bits per heavy atom. The van der Waals surface area contributed by atoms with Crippen LogP contribution >= 0.6 is 0 Å². The Morgan fingerprint density at radius 3 is 2.47 bits per heavy atom. The van der Waals surface area contributed by atoms with Crippen LogP contribution in [0.3, 0.4) is 0 Å². The average molecular weight is 264 g/mol. The minimum absolute atomic E-state index is 0.137. The van der Waals surface area contributed by atoms with E-state index >= 15 is 0 Å². The predicted octanol–water partition coefficient (Wildman–Crippen LogP) is 2.83. The van der Waals surface area contributed by atoms with E-state index in [0.29, 0.717) is 18.3 Å². The normalized spacial score (nSPS) is 13.6. The molecule has 0 spiro atoms. The van der Waals surface area contributed by atoms with Crippen molar-refractivity contribution >= 4 is 11.7 Å². The molecule has 0 saturated heterocycles. The van der Waals surface area contributed by atoms with Gasteiger partial charge in [-0.1, -0.05) is 32.9 Å². The molecule has 1 aromatic rings. The number of aromatic carboxylic acids is 1. The van der Waals surface area contributed by atoms with Crippen LogP contribution in [0.15, 0.2) is 18.2 Å². The lowest BCUT2D eigenvalue weighted by atomic mass is 9.87. The van der Waals surface area contributed by atoms with E-state index in [1.165, 1.54) is 0 Å². The van der Waals surface area contributed by atoms with Gasteiger partial charge in [0, 0.05) is 18.3 Å². The average Bonchev–Trinajstić information content (AvgIpc) is 2.26. The van der Waals surface area contributed by atoms with Gasteiger partial charge in [0.1, 0.15) is 0 Å². The van der Waals surface area contributed by atoms with Gasteiger partial charge in [-0.05, 0) is 31.0 Å². The van der Waals surface area contributed by atoms with E-state index in [4.69, 9.17) is 5.73 Å². The number of carbonyl (C=O) groups is 1. The number of hydrogen-bond donors (Lipinski definition) is 2. The van der Waals surface area contributed by atoms with Gasteiger partial charge in [0.15, 0.2) is 0 Å². The Balaban J connectivity index is 3.01. The molecule has 0 aliphatic rings. The van der Waals surface area contributed by atoms with E-state index in [1.807, 2.05) is 13.1 Å². The van der Waals surface area contributed by atoms with E-state index in [9.17, 15) is 9.90 Å². The van der Waals surface area contributed by atoms with Crippen molar-refractivity contribution in [3.63, 3.8) is 0 Å². The highest BCUT2D eigenvalue weighted by molar-refractivity contribution is 5.95. The van der Waals surface area contributed by atoms with Crippen molar-refractivity contribution in [1.29, 1.82) is 0 Å². The van der Waals surface area contributed by atoms with Crippen LogP contribution in [-0.2, 0) is 6.54 Å². The number of carboxylic acids is 1. The lowest BCUT2D eigenvalue weighted by molar-refractivity contribution is 0.0694. The first-order chi connectivity index (χ1) is 8.64. The number of benzene rings is 1. The summed E-state index contributed by atoms with van der Waals surface area (Å²) in [5.74, 6) is -0.968. The van der Waals surface area contributed by atoms with Crippen LogP contribution in [0.4, 0.5) is 5.69 Å². The Hall–Kier alpha value is -1.55. The van der Waals surface area contributed by atoms with Gasteiger partial charge in [-0.3, -0.25) is 4.90 Å². The van der Waals surface area contributed by atoms with Gasteiger partial charge in [0.05, 0.1) is 5.56 Å². The van der Waals surface area contributed by atoms with E-state index < -0.39 is 5.97 Å². The molecule has 106 valence electrons. The third kappa shape index (κ3) is 3.70. The molecule has 1 atom stereocenters. The Kier molecular flexibility index (Phi) is 4.58. The molecule has 1 unspecified atom stereocenters. The maximum absolute atomic E-state index is 11.3. The maximum atomic E-state index is 11.3. The van der Waals surface area contributed by atoms with Crippen molar-refractivity contribution in [1.82, 2.24) is 4.90 Å². The highest BCUT2D eigenvalue weighted by Gasteiger charge is 2.25. The van der Waals surface area contributed by atoms with E-state index in [-0.39, 0.29) is 11.0 Å². The molecule has 3 N–H and O–H groups in total. The van der Waals surface area contributed by atoms with Gasteiger partial charge >= 0.3 is 5.97 Å². The number of nitrogen functional groups attached to an aromatic ring is 1. The largest absolute Gasteiger partial charge is 0.478 e. The van der Waals surface area contributed by atoms with Crippen molar-refractivity contribution < 1.29 is 9.90 Å². The Bertz CT molecular complexity index is 464. The Labute approximate surface area is 115 Å². The zero-order chi connectivity index (χ0) is 14.8. The molecule has 0 bridgehead atoms. The molecule has 1 rings (SSSR count). The lowest BCUT2D eigenvalue weighted by Crippen LogP contribution is -2.39. The van der Waals surface area contributed by atoms with Gasteiger partial charge in [-0.15, -0.1) is 0 Å². The van der Waals surface area contributed by atoms with Gasteiger partial charge in [0.25, 0.3) is 0 Å². The van der Waals surface area contributed by atoms with Gasteiger partial charge in [0.2, 0.25) is 0 Å². The van der Waals surface area contributed by atoms with E-state index in [2.05, 4.69) is 32.6 Å². The molecule has 0 aliphatic heterocycles. The summed E-state index contributed by atoms with van der Waals surface area (Å²) >= 11 is 0. The molecule has 4 nitrogen and oxygen atoms in total. The zero-order valence-corrected chi connectivity index (χ0v) is 12.4. The van der Waals surface area contributed by atoms with E-state index in [1.54, 1.807) is 12.1 Å². The minimum atomic E-state index is -0.968. The third-order valence-electron chi connectivity index (χ3n) is 3.73. The van der Waals surface area contributed by atoms with Crippen LogP contribution in [0.5, 0.6) is 0 Å². The van der Waals surface area contributed by atoms with Crippen LogP contribution in [0.1, 0.15) is 43.6 Å². The molecular formula is C15H24N2O2. The second kappa shape index (κ2) is 5.61. The first-order valence-corrected chi connectivity index (χ1v) is 6.45. The summed E-state index contributed by atoms with van der Waals surface area (Å²) in [4.78, 5) is 13.4. The molecule has 0 aromatic heterocycles. The van der Waals surface area contributed by atoms with Gasteiger partial charge in [-0.2, -0.15) is 0 Å². The van der Waals surface area contributed by atoms with Crippen molar-refractivity contribution in [2.75, 3.05) is 12.8 Å². The summed E-state index contributed by atoms with van der Waals surface area (Å²) in [6.45, 7) is 9.24. The topological polar surface area (TPSA) is 66.6 Å². The first kappa shape index (κ1) is 15.5. The Morgan fingerprint density at radius 1 is 1.42 bits per heavy atom. The molecule has 0 radical (unpaired) electrons. The molecule has 4 heteroatoms. The minimum Gasteiger partial charge on any atom is -0.478 e. The van der Waals surface area contributed by atoms with Crippen LogP contribution in [0.25, 0.3) is 0 Å². The standard InChI is InChI=1S/C15H24N2O2/c1-10(15(2,3)4)17(5)9-11-7-6-8-12(16)13(11)14(18)19/h6-8,10H,9,16H2,1-5H3,(H,18,19). The number of anilines is 1. The second-order valence-electron chi connectivity index (χ2n) is 6.14. The smallest absolute Gasteiger partial charge is 0.338 e. The van der Waals surface area contributed by atoms with Gasteiger partial charge < -0.3 is 10.8 Å². The maximum Gasteiger partial charge on any atom is 0.338 e. The summed E-state index contributed by atoms with van der Waals surface area (Å²) < 4.78 is 0. The van der Waals surface area contributed by atoms with Crippen molar-refractivity contribution in [3.8, 4) is 0 Å². The molecular weight excluding hydrogens is 240 g/mol. The zero-order valence-electron chi connectivity index (χ0n) is 12.4. The fourth-order valence-electron chi connectivity index (χ4n) is 2.08. The molecule has 0 amide bonds. The fraction of sp³-hybridized carbons (Fsp3) is 0.533. The summed E-state index contributed by atoms with van der Waals surface area (Å²) in [5, 5.41) is 9.26. The fourth-order valence-corrected chi connectivity index (χ4v) is 2.08.